The van der Waals surface area contributed by atoms with E-state index in [1.807, 2.05) is 30.3 Å². The lowest BCUT2D eigenvalue weighted by Crippen LogP contribution is -1.99. The van der Waals surface area contributed by atoms with Crippen LogP contribution < -0.4 is 9.88 Å². The van der Waals surface area contributed by atoms with Crippen LogP contribution in [0.5, 0.6) is 5.75 Å². The number of rotatable bonds is 3. The minimum Gasteiger partial charge on any atom is -0.487 e. The number of hydrogen-bond acceptors (Lipinski definition) is 4. The van der Waals surface area contributed by atoms with Crippen LogP contribution in [-0.2, 0) is 17.5 Å². The average Bonchev–Trinajstić information content (AvgIpc) is 2.41. The van der Waals surface area contributed by atoms with E-state index in [1.165, 1.54) is 11.1 Å². The second kappa shape index (κ2) is 8.29. The van der Waals surface area contributed by atoms with Gasteiger partial charge in [-0.3, -0.25) is 4.98 Å². The summed E-state index contributed by atoms with van der Waals surface area (Å²) in [6, 6.07) is 11.9. The maximum Gasteiger partial charge on any atom is 0.198 e. The first kappa shape index (κ1) is 16.1. The fourth-order valence-electron chi connectivity index (χ4n) is 1.52. The molecule has 6 heteroatoms. The topological polar surface area (TPSA) is 82.3 Å². The van der Waals surface area contributed by atoms with Gasteiger partial charge in [-0.25, -0.2) is 13.6 Å². The Labute approximate surface area is 120 Å². The maximum absolute atomic E-state index is 8.81. The molecule has 0 unspecified atom stereocenters. The second-order valence-corrected chi connectivity index (χ2v) is 4.66. The number of pyridine rings is 1. The lowest BCUT2D eigenvalue weighted by molar-refractivity contribution is 0.299. The molecular formula is C14H18N2O3S. The predicted molar refractivity (Wildman–Crippen MR) is 79.0 cm³/mol. The van der Waals surface area contributed by atoms with Crippen LogP contribution in [-0.4, -0.2) is 13.4 Å². The average molecular weight is 294 g/mol. The number of ether oxygens (including phenoxy) is 1. The van der Waals surface area contributed by atoms with E-state index in [0.29, 0.717) is 6.61 Å². The third kappa shape index (κ3) is 5.81. The van der Waals surface area contributed by atoms with Gasteiger partial charge in [0, 0.05) is 6.20 Å². The first-order chi connectivity index (χ1) is 9.50. The smallest absolute Gasteiger partial charge is 0.198 e. The van der Waals surface area contributed by atoms with Gasteiger partial charge in [0.2, 0.25) is 0 Å². The van der Waals surface area contributed by atoms with Crippen LogP contribution in [0.1, 0.15) is 16.8 Å². The summed E-state index contributed by atoms with van der Waals surface area (Å²) in [7, 11) is -2.62. The third-order valence-electron chi connectivity index (χ3n) is 2.66. The van der Waals surface area contributed by atoms with Gasteiger partial charge in [0.05, 0.1) is 5.69 Å². The van der Waals surface area contributed by atoms with Crippen molar-refractivity contribution in [1.29, 1.82) is 0 Å². The highest BCUT2D eigenvalue weighted by atomic mass is 32.2. The molecule has 1 aromatic carbocycles. The normalized spacial score (nSPS) is 9.80. The Hall–Kier alpha value is -1.92. The van der Waals surface area contributed by atoms with E-state index >= 15 is 0 Å². The van der Waals surface area contributed by atoms with Gasteiger partial charge in [0.1, 0.15) is 12.4 Å². The lowest BCUT2D eigenvalue weighted by Gasteiger charge is -2.10. The van der Waals surface area contributed by atoms with Crippen molar-refractivity contribution in [2.45, 2.75) is 20.5 Å². The maximum atomic E-state index is 8.81. The summed E-state index contributed by atoms with van der Waals surface area (Å²) in [5.74, 6) is 0.936. The highest BCUT2D eigenvalue weighted by Crippen LogP contribution is 2.21. The summed E-state index contributed by atoms with van der Waals surface area (Å²) in [6.07, 6.45) is 1.78. The van der Waals surface area contributed by atoms with Crippen molar-refractivity contribution in [3.63, 3.8) is 0 Å². The molecule has 0 saturated heterocycles. The van der Waals surface area contributed by atoms with Crippen molar-refractivity contribution in [3.05, 3.63) is 59.4 Å². The summed E-state index contributed by atoms with van der Waals surface area (Å²) in [6.45, 7) is 4.68. The van der Waals surface area contributed by atoms with Crippen LogP contribution in [0, 0.1) is 13.8 Å². The highest BCUT2D eigenvalue weighted by molar-refractivity contribution is 7.69. The fraction of sp³-hybridized carbons (Fsp3) is 0.214. The van der Waals surface area contributed by atoms with E-state index in [2.05, 4.69) is 30.0 Å². The highest BCUT2D eigenvalue weighted by Gasteiger charge is 2.02. The van der Waals surface area contributed by atoms with Gasteiger partial charge in [0.15, 0.2) is 10.9 Å². The molecule has 2 rings (SSSR count). The van der Waals surface area contributed by atoms with Crippen molar-refractivity contribution in [2.24, 2.45) is 5.14 Å². The van der Waals surface area contributed by atoms with Crippen LogP contribution in [0.15, 0.2) is 42.6 Å². The quantitative estimate of drug-likeness (QED) is 0.845. The van der Waals surface area contributed by atoms with E-state index in [9.17, 15) is 0 Å². The monoisotopic (exact) mass is 294 g/mol. The lowest BCUT2D eigenvalue weighted by atomic mass is 10.1. The molecule has 2 aromatic rings. The molecule has 1 aromatic heterocycles. The summed E-state index contributed by atoms with van der Waals surface area (Å²) in [5, 5.41) is 4.06. The van der Waals surface area contributed by atoms with Crippen LogP contribution in [0.4, 0.5) is 0 Å². The van der Waals surface area contributed by atoms with Crippen LogP contribution in [0.25, 0.3) is 0 Å². The van der Waals surface area contributed by atoms with Gasteiger partial charge in [-0.05, 0) is 43.2 Å². The molecule has 0 bridgehead atoms. The second-order valence-electron chi connectivity index (χ2n) is 4.09. The molecule has 1 heterocycles. The number of hydrogen-bond donors (Lipinski definition) is 2. The molecule has 108 valence electrons. The zero-order valence-corrected chi connectivity index (χ0v) is 12.3. The zero-order chi connectivity index (χ0) is 15.0. The SMILES string of the molecule is Cc1cccc(OCc2ccccn2)c1C.N[SH](=O)=O. The molecule has 0 spiro atoms. The number of aryl methyl sites for hydroxylation is 1. The Balaban J connectivity index is 0.000000444. The van der Waals surface area contributed by atoms with Crippen LogP contribution in [0.2, 0.25) is 0 Å². The molecule has 0 atom stereocenters. The molecule has 0 fully saturated rings. The Kier molecular flexibility index (Phi) is 6.69. The summed E-state index contributed by atoms with van der Waals surface area (Å²) in [5.41, 5.74) is 3.39. The van der Waals surface area contributed by atoms with Crippen molar-refractivity contribution in [3.8, 4) is 5.75 Å². The van der Waals surface area contributed by atoms with Crippen molar-refractivity contribution >= 4 is 10.9 Å². The molecule has 0 saturated carbocycles. The molecule has 20 heavy (non-hydrogen) atoms. The minimum atomic E-state index is -2.62. The summed E-state index contributed by atoms with van der Waals surface area (Å²) >= 11 is 0. The van der Waals surface area contributed by atoms with Crippen molar-refractivity contribution < 1.29 is 13.2 Å². The number of benzene rings is 1. The minimum absolute atomic E-state index is 0.519. The number of aromatic nitrogens is 1. The van der Waals surface area contributed by atoms with Crippen molar-refractivity contribution in [2.75, 3.05) is 0 Å². The van der Waals surface area contributed by atoms with Gasteiger partial charge in [-0.15, -0.1) is 0 Å². The molecule has 0 aliphatic rings. The van der Waals surface area contributed by atoms with E-state index in [1.54, 1.807) is 6.20 Å². The molecular weight excluding hydrogens is 276 g/mol. The predicted octanol–water partition coefficient (Wildman–Crippen LogP) is 1.75. The van der Waals surface area contributed by atoms with Crippen molar-refractivity contribution in [1.82, 2.24) is 4.98 Å². The first-order valence-electron chi connectivity index (χ1n) is 5.98. The van der Waals surface area contributed by atoms with E-state index in [-0.39, 0.29) is 0 Å². The van der Waals surface area contributed by atoms with Gasteiger partial charge >= 0.3 is 0 Å². The Bertz CT molecular complexity index is 605. The molecule has 5 nitrogen and oxygen atoms in total. The first-order valence-corrected chi connectivity index (χ1v) is 7.23. The third-order valence-corrected chi connectivity index (χ3v) is 2.66. The van der Waals surface area contributed by atoms with E-state index in [4.69, 9.17) is 13.2 Å². The molecule has 0 amide bonds. The summed E-state index contributed by atoms with van der Waals surface area (Å²) < 4.78 is 23.4. The van der Waals surface area contributed by atoms with Gasteiger partial charge in [-0.2, -0.15) is 0 Å². The molecule has 0 radical (unpaired) electrons. The Morgan fingerprint density at radius 3 is 2.45 bits per heavy atom. The zero-order valence-electron chi connectivity index (χ0n) is 11.4. The largest absolute Gasteiger partial charge is 0.487 e. The Morgan fingerprint density at radius 1 is 1.15 bits per heavy atom. The van der Waals surface area contributed by atoms with Gasteiger partial charge in [-0.1, -0.05) is 18.2 Å². The molecule has 0 aliphatic carbocycles. The Morgan fingerprint density at radius 2 is 1.85 bits per heavy atom. The number of nitrogens with two attached hydrogens (primary N) is 1. The number of thiol groups is 1. The van der Waals surface area contributed by atoms with Crippen LogP contribution >= 0.6 is 0 Å². The van der Waals surface area contributed by atoms with E-state index < -0.39 is 10.9 Å². The van der Waals surface area contributed by atoms with Gasteiger partial charge < -0.3 is 4.74 Å². The molecule has 0 aliphatic heterocycles. The molecule has 2 N–H and O–H groups in total. The standard InChI is InChI=1S/C14H15NO.H3NO2S/c1-11-6-5-8-14(12(11)2)16-10-13-7-3-4-9-15-13;1-4(2)3/h3-9H,10H2,1-2H3;4H,(H2,1,2,3). The van der Waals surface area contributed by atoms with Crippen LogP contribution in [0.3, 0.4) is 0 Å². The fourth-order valence-corrected chi connectivity index (χ4v) is 1.52. The van der Waals surface area contributed by atoms with E-state index in [0.717, 1.165) is 11.4 Å². The summed E-state index contributed by atoms with van der Waals surface area (Å²) in [4.78, 5) is 4.22. The number of nitrogens with zero attached hydrogens (tertiary/aromatic N) is 1. The van der Waals surface area contributed by atoms with Gasteiger partial charge in [0.25, 0.3) is 0 Å².